The highest BCUT2D eigenvalue weighted by molar-refractivity contribution is 7.89. The Bertz CT molecular complexity index is 665. The number of aromatic nitrogens is 1. The summed E-state index contributed by atoms with van der Waals surface area (Å²) in [5.41, 5.74) is 0.332. The molecule has 0 bridgehead atoms. The fourth-order valence-electron chi connectivity index (χ4n) is 2.21. The minimum absolute atomic E-state index is 0.0594. The molecule has 6 heteroatoms. The van der Waals surface area contributed by atoms with Crippen LogP contribution in [0.25, 0.3) is 0 Å². The van der Waals surface area contributed by atoms with E-state index in [2.05, 4.69) is 9.71 Å². The highest BCUT2D eigenvalue weighted by Crippen LogP contribution is 2.24. The van der Waals surface area contributed by atoms with Crippen molar-refractivity contribution in [2.45, 2.75) is 32.2 Å². The highest BCUT2D eigenvalue weighted by Gasteiger charge is 2.30. The molecular formula is C15H20N2O2S2. The Morgan fingerprint density at radius 2 is 1.95 bits per heavy atom. The van der Waals surface area contributed by atoms with Gasteiger partial charge in [0.2, 0.25) is 10.0 Å². The minimum atomic E-state index is -3.40. The predicted octanol–water partition coefficient (Wildman–Crippen LogP) is 3.10. The number of thiazole rings is 1. The second-order valence-electron chi connectivity index (χ2n) is 5.66. The molecule has 0 aliphatic heterocycles. The lowest BCUT2D eigenvalue weighted by molar-refractivity contribution is 0.468. The van der Waals surface area contributed by atoms with Gasteiger partial charge in [-0.3, -0.25) is 0 Å². The maximum atomic E-state index is 12.4. The van der Waals surface area contributed by atoms with E-state index in [-0.39, 0.29) is 11.7 Å². The number of hydrogen-bond donors (Lipinski definition) is 1. The summed E-state index contributed by atoms with van der Waals surface area (Å²) in [5, 5.41) is 2.61. The average Bonchev–Trinajstić information content (AvgIpc) is 2.92. The maximum Gasteiger partial charge on any atom is 0.213 e. The zero-order valence-electron chi connectivity index (χ0n) is 12.4. The van der Waals surface area contributed by atoms with Crippen LogP contribution < -0.4 is 4.72 Å². The number of hydrogen-bond acceptors (Lipinski definition) is 4. The van der Waals surface area contributed by atoms with Crippen molar-refractivity contribution in [1.29, 1.82) is 0 Å². The van der Waals surface area contributed by atoms with Crippen LogP contribution in [-0.4, -0.2) is 19.2 Å². The fourth-order valence-corrected chi connectivity index (χ4v) is 4.80. The zero-order valence-corrected chi connectivity index (χ0v) is 14.0. The van der Waals surface area contributed by atoms with Gasteiger partial charge in [-0.05, 0) is 25.3 Å². The molecule has 0 fully saturated rings. The topological polar surface area (TPSA) is 59.1 Å². The summed E-state index contributed by atoms with van der Waals surface area (Å²) < 4.78 is 27.5. The van der Waals surface area contributed by atoms with Gasteiger partial charge in [-0.1, -0.05) is 37.3 Å². The number of benzene rings is 1. The summed E-state index contributed by atoms with van der Waals surface area (Å²) >= 11 is 1.45. The average molecular weight is 324 g/mol. The third kappa shape index (κ3) is 4.36. The second kappa shape index (κ2) is 6.25. The van der Waals surface area contributed by atoms with E-state index in [1.807, 2.05) is 56.5 Å². The Hall–Kier alpha value is -1.24. The van der Waals surface area contributed by atoms with Crippen molar-refractivity contribution < 1.29 is 8.42 Å². The van der Waals surface area contributed by atoms with Crippen molar-refractivity contribution in [3.8, 4) is 0 Å². The minimum Gasteiger partial charge on any atom is -0.248 e. The molecule has 2 rings (SSSR count). The molecule has 0 spiro atoms. The van der Waals surface area contributed by atoms with Crippen molar-refractivity contribution in [2.24, 2.45) is 0 Å². The Balaban J connectivity index is 2.09. The van der Waals surface area contributed by atoms with Gasteiger partial charge in [-0.2, -0.15) is 0 Å². The van der Waals surface area contributed by atoms with Gasteiger partial charge in [-0.15, -0.1) is 11.3 Å². The smallest absolute Gasteiger partial charge is 0.213 e. The third-order valence-electron chi connectivity index (χ3n) is 3.22. The van der Waals surface area contributed by atoms with Crippen LogP contribution in [0.5, 0.6) is 0 Å². The quantitative estimate of drug-likeness (QED) is 0.888. The van der Waals surface area contributed by atoms with Gasteiger partial charge in [0.1, 0.15) is 5.01 Å². The molecule has 0 amide bonds. The predicted molar refractivity (Wildman–Crippen MR) is 86.9 cm³/mol. The molecule has 2 aromatic rings. The van der Waals surface area contributed by atoms with E-state index < -0.39 is 15.6 Å². The molecule has 114 valence electrons. The summed E-state index contributed by atoms with van der Waals surface area (Å²) in [5.74, 6) is 0.00188. The SMILES string of the molecule is C[C@@H](CS(=O)(=O)NC(C)(C)c1nccs1)c1ccccc1. The molecule has 0 saturated heterocycles. The van der Waals surface area contributed by atoms with Crippen molar-refractivity contribution >= 4 is 21.4 Å². The van der Waals surface area contributed by atoms with E-state index >= 15 is 0 Å². The molecular weight excluding hydrogens is 304 g/mol. The zero-order chi connectivity index (χ0) is 15.5. The first kappa shape index (κ1) is 16.1. The van der Waals surface area contributed by atoms with Gasteiger partial charge in [0.15, 0.2) is 0 Å². The van der Waals surface area contributed by atoms with E-state index in [9.17, 15) is 8.42 Å². The van der Waals surface area contributed by atoms with Crippen LogP contribution in [0.1, 0.15) is 37.3 Å². The molecule has 1 aromatic carbocycles. The van der Waals surface area contributed by atoms with Crippen LogP contribution in [0.2, 0.25) is 0 Å². The highest BCUT2D eigenvalue weighted by atomic mass is 32.2. The van der Waals surface area contributed by atoms with Crippen LogP contribution in [0.3, 0.4) is 0 Å². The largest absolute Gasteiger partial charge is 0.248 e. The molecule has 1 N–H and O–H groups in total. The number of nitrogens with zero attached hydrogens (tertiary/aromatic N) is 1. The Labute approximate surface area is 130 Å². The van der Waals surface area contributed by atoms with Gasteiger partial charge in [0, 0.05) is 11.6 Å². The molecule has 1 aromatic heterocycles. The number of sulfonamides is 1. The van der Waals surface area contributed by atoms with Gasteiger partial charge < -0.3 is 0 Å². The molecule has 1 atom stereocenters. The fraction of sp³-hybridized carbons (Fsp3) is 0.400. The van der Waals surface area contributed by atoms with E-state index in [0.717, 1.165) is 10.6 Å². The molecule has 21 heavy (non-hydrogen) atoms. The molecule has 0 saturated carbocycles. The van der Waals surface area contributed by atoms with Crippen LogP contribution in [0.4, 0.5) is 0 Å². The summed E-state index contributed by atoms with van der Waals surface area (Å²) in [6, 6.07) is 9.67. The summed E-state index contributed by atoms with van der Waals surface area (Å²) in [6.07, 6.45) is 1.68. The molecule has 0 radical (unpaired) electrons. The lowest BCUT2D eigenvalue weighted by atomic mass is 10.0. The monoisotopic (exact) mass is 324 g/mol. The van der Waals surface area contributed by atoms with Gasteiger partial charge >= 0.3 is 0 Å². The molecule has 0 aliphatic rings. The van der Waals surface area contributed by atoms with Crippen LogP contribution in [0.15, 0.2) is 41.9 Å². The lowest BCUT2D eigenvalue weighted by Crippen LogP contribution is -2.42. The lowest BCUT2D eigenvalue weighted by Gasteiger charge is -2.24. The number of rotatable bonds is 6. The summed E-state index contributed by atoms with van der Waals surface area (Å²) in [6.45, 7) is 5.58. The van der Waals surface area contributed by atoms with E-state index in [1.165, 1.54) is 11.3 Å². The van der Waals surface area contributed by atoms with Crippen molar-refractivity contribution in [2.75, 3.05) is 5.75 Å². The third-order valence-corrected chi connectivity index (χ3v) is 6.07. The maximum absolute atomic E-state index is 12.4. The van der Waals surface area contributed by atoms with Crippen LogP contribution >= 0.6 is 11.3 Å². The normalized spacial score (nSPS) is 14.0. The molecule has 1 heterocycles. The molecule has 4 nitrogen and oxygen atoms in total. The first-order valence-electron chi connectivity index (χ1n) is 6.77. The van der Waals surface area contributed by atoms with E-state index in [1.54, 1.807) is 6.20 Å². The standard InChI is InChI=1S/C15H20N2O2S2/c1-12(13-7-5-4-6-8-13)11-21(18,19)17-15(2,3)14-16-9-10-20-14/h4-10,12,17H,11H2,1-3H3/t12-/m0/s1. The first-order chi connectivity index (χ1) is 9.80. The van der Waals surface area contributed by atoms with Crippen molar-refractivity contribution in [3.63, 3.8) is 0 Å². The van der Waals surface area contributed by atoms with E-state index in [0.29, 0.717) is 0 Å². The van der Waals surface area contributed by atoms with Gasteiger partial charge in [-0.25, -0.2) is 18.1 Å². The second-order valence-corrected chi connectivity index (χ2v) is 8.32. The molecule has 0 unspecified atom stereocenters. The van der Waals surface area contributed by atoms with Crippen molar-refractivity contribution in [3.05, 3.63) is 52.5 Å². The summed E-state index contributed by atoms with van der Waals surface area (Å²) in [7, 11) is -3.40. The van der Waals surface area contributed by atoms with Gasteiger partial charge in [0.25, 0.3) is 0 Å². The van der Waals surface area contributed by atoms with Gasteiger partial charge in [0.05, 0.1) is 11.3 Å². The van der Waals surface area contributed by atoms with Crippen molar-refractivity contribution in [1.82, 2.24) is 9.71 Å². The van der Waals surface area contributed by atoms with Crippen LogP contribution in [-0.2, 0) is 15.6 Å². The van der Waals surface area contributed by atoms with E-state index in [4.69, 9.17) is 0 Å². The molecule has 0 aliphatic carbocycles. The summed E-state index contributed by atoms with van der Waals surface area (Å²) in [4.78, 5) is 4.20. The Morgan fingerprint density at radius 1 is 1.29 bits per heavy atom. The van der Waals surface area contributed by atoms with Crippen LogP contribution in [0, 0.1) is 0 Å². The Morgan fingerprint density at radius 3 is 2.52 bits per heavy atom. The first-order valence-corrected chi connectivity index (χ1v) is 9.30. The number of nitrogens with one attached hydrogen (secondary N) is 1. The Kier molecular flexibility index (Phi) is 4.81.